The average Bonchev–Trinajstić information content (AvgIpc) is 2.94. The van der Waals surface area contributed by atoms with E-state index in [2.05, 4.69) is 26.2 Å². The molecule has 21 heavy (non-hydrogen) atoms. The zero-order valence-electron chi connectivity index (χ0n) is 11.8. The lowest BCUT2D eigenvalue weighted by Gasteiger charge is -2.16. The van der Waals surface area contributed by atoms with Gasteiger partial charge in [0.25, 0.3) is 0 Å². The summed E-state index contributed by atoms with van der Waals surface area (Å²) in [6.45, 7) is 3.80. The maximum atomic E-state index is 11.1. The number of rotatable bonds is 6. The van der Waals surface area contributed by atoms with Crippen LogP contribution in [0.1, 0.15) is 31.3 Å². The summed E-state index contributed by atoms with van der Waals surface area (Å²) in [5.41, 5.74) is 1.97. The Morgan fingerprint density at radius 1 is 1.43 bits per heavy atom. The molecule has 6 heteroatoms. The van der Waals surface area contributed by atoms with Crippen LogP contribution >= 0.6 is 27.3 Å². The quantitative estimate of drug-likeness (QED) is 0.805. The van der Waals surface area contributed by atoms with E-state index >= 15 is 0 Å². The molecule has 2 aromatic rings. The molecule has 2 atom stereocenters. The van der Waals surface area contributed by atoms with Crippen LogP contribution in [0.15, 0.2) is 34.1 Å². The number of carboxylic acids is 1. The van der Waals surface area contributed by atoms with Crippen LogP contribution in [0.4, 0.5) is 0 Å². The van der Waals surface area contributed by atoms with E-state index in [4.69, 9.17) is 5.11 Å². The largest absolute Gasteiger partial charge is 0.480 e. The smallest absolute Gasteiger partial charge is 0.320 e. The Kier molecular flexibility index (Phi) is 5.50. The summed E-state index contributed by atoms with van der Waals surface area (Å²) in [6, 6.07) is 7.35. The molecule has 0 aliphatic rings. The van der Waals surface area contributed by atoms with Gasteiger partial charge in [-0.3, -0.25) is 10.1 Å². The molecule has 1 heterocycles. The number of nitrogens with zero attached hydrogens (tertiary/aromatic N) is 1. The van der Waals surface area contributed by atoms with Crippen LogP contribution in [0.2, 0.25) is 0 Å². The molecule has 2 N–H and O–H groups in total. The van der Waals surface area contributed by atoms with Crippen molar-refractivity contribution in [1.82, 2.24) is 10.3 Å². The third-order valence-corrected chi connectivity index (χ3v) is 4.75. The Balaban J connectivity index is 2.12. The summed E-state index contributed by atoms with van der Waals surface area (Å²) in [5.74, 6) is -0.825. The number of carbonyl (C=O) groups is 1. The number of carboxylic acid groups (broad SMARTS) is 1. The topological polar surface area (TPSA) is 62.2 Å². The second-order valence-corrected chi connectivity index (χ2v) is 6.57. The van der Waals surface area contributed by atoms with Crippen molar-refractivity contribution in [2.24, 2.45) is 0 Å². The summed E-state index contributed by atoms with van der Waals surface area (Å²) in [4.78, 5) is 15.7. The normalized spacial score (nSPS) is 13.9. The van der Waals surface area contributed by atoms with Gasteiger partial charge in [-0.2, -0.15) is 0 Å². The molecule has 0 spiro atoms. The van der Waals surface area contributed by atoms with Crippen LogP contribution in [0.5, 0.6) is 0 Å². The van der Waals surface area contributed by atoms with E-state index < -0.39 is 12.0 Å². The highest BCUT2D eigenvalue weighted by Gasteiger charge is 2.20. The first-order valence-electron chi connectivity index (χ1n) is 6.71. The minimum Gasteiger partial charge on any atom is -0.480 e. The zero-order chi connectivity index (χ0) is 15.4. The highest BCUT2D eigenvalue weighted by atomic mass is 79.9. The highest BCUT2D eigenvalue weighted by Crippen LogP contribution is 2.26. The van der Waals surface area contributed by atoms with Crippen molar-refractivity contribution in [2.45, 2.75) is 32.4 Å². The number of halogens is 1. The molecule has 112 valence electrons. The molecule has 1 aromatic heterocycles. The maximum absolute atomic E-state index is 11.1. The van der Waals surface area contributed by atoms with Gasteiger partial charge in [-0.25, -0.2) is 4.98 Å². The Morgan fingerprint density at radius 3 is 2.67 bits per heavy atom. The molecule has 0 bridgehead atoms. The van der Waals surface area contributed by atoms with E-state index in [-0.39, 0.29) is 6.04 Å². The third kappa shape index (κ3) is 4.12. The maximum Gasteiger partial charge on any atom is 0.320 e. The van der Waals surface area contributed by atoms with Crippen LogP contribution in [-0.2, 0) is 4.79 Å². The second-order valence-electron chi connectivity index (χ2n) is 4.77. The van der Waals surface area contributed by atoms with Crippen LogP contribution < -0.4 is 5.32 Å². The molecule has 0 saturated heterocycles. The van der Waals surface area contributed by atoms with E-state index in [9.17, 15) is 4.79 Å². The number of hydrogen-bond donors (Lipinski definition) is 2. The molecular weight excluding hydrogens is 352 g/mol. The van der Waals surface area contributed by atoms with Crippen molar-refractivity contribution in [3.05, 3.63) is 39.1 Å². The Morgan fingerprint density at radius 2 is 2.10 bits per heavy atom. The monoisotopic (exact) mass is 368 g/mol. The van der Waals surface area contributed by atoms with Crippen molar-refractivity contribution in [1.29, 1.82) is 0 Å². The van der Waals surface area contributed by atoms with Crippen molar-refractivity contribution >= 4 is 33.2 Å². The predicted octanol–water partition coefficient (Wildman–Crippen LogP) is 4.09. The van der Waals surface area contributed by atoms with Gasteiger partial charge in [0.2, 0.25) is 0 Å². The van der Waals surface area contributed by atoms with Gasteiger partial charge in [-0.15, -0.1) is 11.3 Å². The highest BCUT2D eigenvalue weighted by molar-refractivity contribution is 9.10. The minimum atomic E-state index is -0.825. The summed E-state index contributed by atoms with van der Waals surface area (Å²) in [7, 11) is 0. The average molecular weight is 369 g/mol. The number of thiazole rings is 1. The molecule has 1 aromatic carbocycles. The fourth-order valence-electron chi connectivity index (χ4n) is 1.98. The lowest BCUT2D eigenvalue weighted by Crippen LogP contribution is -2.37. The van der Waals surface area contributed by atoms with Gasteiger partial charge in [-0.1, -0.05) is 35.0 Å². The number of aliphatic carboxylic acids is 1. The van der Waals surface area contributed by atoms with Crippen LogP contribution in [0.3, 0.4) is 0 Å². The molecule has 4 nitrogen and oxygen atoms in total. The lowest BCUT2D eigenvalue weighted by atomic mass is 10.2. The van der Waals surface area contributed by atoms with Crippen LogP contribution in [0.25, 0.3) is 11.3 Å². The standard InChI is InChI=1S/C15H17BrN2O2S/c1-3-12(15(19)20)17-9(2)14-18-13(8-21-14)10-4-6-11(16)7-5-10/h4-9,12,17H,3H2,1-2H3,(H,19,20). The first-order chi connectivity index (χ1) is 10.0. The molecule has 0 aliphatic carbocycles. The van der Waals surface area contributed by atoms with Crippen molar-refractivity contribution in [2.75, 3.05) is 0 Å². The van der Waals surface area contributed by atoms with Gasteiger partial charge in [-0.05, 0) is 25.5 Å². The van der Waals surface area contributed by atoms with Gasteiger partial charge < -0.3 is 5.11 Å². The second kappa shape index (κ2) is 7.15. The number of hydrogen-bond acceptors (Lipinski definition) is 4. The van der Waals surface area contributed by atoms with Gasteiger partial charge in [0, 0.05) is 15.4 Å². The van der Waals surface area contributed by atoms with Gasteiger partial charge in [0.05, 0.1) is 11.7 Å². The molecule has 0 amide bonds. The minimum absolute atomic E-state index is 0.0831. The molecule has 2 rings (SSSR count). The van der Waals surface area contributed by atoms with Crippen molar-refractivity contribution in [3.63, 3.8) is 0 Å². The Bertz CT molecular complexity index is 612. The van der Waals surface area contributed by atoms with Crippen molar-refractivity contribution < 1.29 is 9.90 Å². The summed E-state index contributed by atoms with van der Waals surface area (Å²) in [6.07, 6.45) is 0.546. The third-order valence-electron chi connectivity index (χ3n) is 3.19. The Hall–Kier alpha value is -1.24. The number of benzene rings is 1. The van der Waals surface area contributed by atoms with Gasteiger partial charge in [0.1, 0.15) is 11.0 Å². The Labute approximate surface area is 136 Å². The summed E-state index contributed by atoms with van der Waals surface area (Å²) < 4.78 is 1.03. The fourth-order valence-corrected chi connectivity index (χ4v) is 3.09. The van der Waals surface area contributed by atoms with E-state index in [1.807, 2.05) is 43.5 Å². The molecule has 0 radical (unpaired) electrons. The molecular formula is C15H17BrN2O2S. The molecule has 0 fully saturated rings. The SMILES string of the molecule is CCC(NC(C)c1nc(-c2ccc(Br)cc2)cs1)C(=O)O. The number of nitrogens with one attached hydrogen (secondary N) is 1. The number of aromatic nitrogens is 1. The van der Waals surface area contributed by atoms with E-state index in [1.165, 1.54) is 0 Å². The van der Waals surface area contributed by atoms with E-state index in [0.29, 0.717) is 6.42 Å². The lowest BCUT2D eigenvalue weighted by molar-refractivity contribution is -0.139. The van der Waals surface area contributed by atoms with Crippen LogP contribution in [0, 0.1) is 0 Å². The molecule has 0 saturated carbocycles. The predicted molar refractivity (Wildman–Crippen MR) is 88.5 cm³/mol. The fraction of sp³-hybridized carbons (Fsp3) is 0.333. The zero-order valence-corrected chi connectivity index (χ0v) is 14.2. The van der Waals surface area contributed by atoms with Crippen LogP contribution in [-0.4, -0.2) is 22.1 Å². The first-order valence-corrected chi connectivity index (χ1v) is 8.38. The summed E-state index contributed by atoms with van der Waals surface area (Å²) in [5, 5.41) is 15.1. The summed E-state index contributed by atoms with van der Waals surface area (Å²) >= 11 is 4.95. The first kappa shape index (κ1) is 16.1. The van der Waals surface area contributed by atoms with E-state index in [1.54, 1.807) is 11.3 Å². The molecule has 0 aliphatic heterocycles. The van der Waals surface area contributed by atoms with E-state index in [0.717, 1.165) is 20.7 Å². The van der Waals surface area contributed by atoms with Crippen molar-refractivity contribution in [3.8, 4) is 11.3 Å². The van der Waals surface area contributed by atoms with Gasteiger partial charge >= 0.3 is 5.97 Å². The molecule has 2 unspecified atom stereocenters. The van der Waals surface area contributed by atoms with Gasteiger partial charge in [0.15, 0.2) is 0 Å².